The van der Waals surface area contributed by atoms with Gasteiger partial charge >= 0.3 is 0 Å². The molecule has 1 fully saturated rings. The smallest absolute Gasteiger partial charge is 0.300 e. The Bertz CT molecular complexity index is 1100. The number of hydrogen-bond donors (Lipinski definition) is 1. The Morgan fingerprint density at radius 1 is 0.931 bits per heavy atom. The van der Waals surface area contributed by atoms with Gasteiger partial charge in [0.25, 0.3) is 11.7 Å². The van der Waals surface area contributed by atoms with E-state index >= 15 is 0 Å². The van der Waals surface area contributed by atoms with Crippen molar-refractivity contribution in [1.82, 2.24) is 0 Å². The number of benzene rings is 2. The summed E-state index contributed by atoms with van der Waals surface area (Å²) in [6.07, 6.45) is 1.49. The molecule has 0 saturated carbocycles. The van der Waals surface area contributed by atoms with Gasteiger partial charge in [-0.15, -0.1) is 0 Å². The SMILES string of the molecule is Cc1ccc(/C(O)=C2/C(=O)C(=O)N(c3cc(C)cc(C)c3)C2c2ccco2)cc1. The van der Waals surface area contributed by atoms with E-state index in [1.165, 1.54) is 11.2 Å². The van der Waals surface area contributed by atoms with E-state index in [-0.39, 0.29) is 11.3 Å². The lowest BCUT2D eigenvalue weighted by Crippen LogP contribution is -2.29. The second kappa shape index (κ2) is 7.09. The molecule has 1 N–H and O–H groups in total. The molecule has 2 heterocycles. The number of aliphatic hydroxyl groups is 1. The molecule has 1 saturated heterocycles. The first-order chi connectivity index (χ1) is 13.9. The van der Waals surface area contributed by atoms with E-state index in [1.807, 2.05) is 51.1 Å². The molecule has 5 heteroatoms. The first-order valence-electron chi connectivity index (χ1n) is 9.36. The molecule has 1 unspecified atom stereocenters. The van der Waals surface area contributed by atoms with E-state index in [0.29, 0.717) is 17.0 Å². The number of anilines is 1. The van der Waals surface area contributed by atoms with Crippen molar-refractivity contribution < 1.29 is 19.1 Å². The summed E-state index contributed by atoms with van der Waals surface area (Å²) in [5.74, 6) is -1.22. The summed E-state index contributed by atoms with van der Waals surface area (Å²) >= 11 is 0. The summed E-state index contributed by atoms with van der Waals surface area (Å²) in [4.78, 5) is 27.4. The van der Waals surface area contributed by atoms with Gasteiger partial charge in [-0.1, -0.05) is 35.9 Å². The van der Waals surface area contributed by atoms with E-state index in [2.05, 4.69) is 0 Å². The van der Waals surface area contributed by atoms with E-state index in [0.717, 1.165) is 16.7 Å². The predicted molar refractivity (Wildman–Crippen MR) is 111 cm³/mol. The summed E-state index contributed by atoms with van der Waals surface area (Å²) in [6.45, 7) is 5.80. The van der Waals surface area contributed by atoms with Gasteiger partial charge in [-0.05, 0) is 56.2 Å². The molecule has 1 aliphatic rings. The van der Waals surface area contributed by atoms with Crippen molar-refractivity contribution in [3.05, 3.63) is 94.4 Å². The zero-order chi connectivity index (χ0) is 20.7. The van der Waals surface area contributed by atoms with Gasteiger partial charge < -0.3 is 9.52 Å². The zero-order valence-corrected chi connectivity index (χ0v) is 16.5. The van der Waals surface area contributed by atoms with Gasteiger partial charge in [-0.3, -0.25) is 14.5 Å². The van der Waals surface area contributed by atoms with Gasteiger partial charge in [0.2, 0.25) is 0 Å². The third kappa shape index (κ3) is 3.25. The molecule has 29 heavy (non-hydrogen) atoms. The Hall–Kier alpha value is -3.60. The molecule has 2 aromatic carbocycles. The van der Waals surface area contributed by atoms with Crippen LogP contribution in [0.15, 0.2) is 70.9 Å². The number of rotatable bonds is 3. The number of furan rings is 1. The fourth-order valence-corrected chi connectivity index (χ4v) is 3.77. The first kappa shape index (κ1) is 18.7. The average molecular weight is 387 g/mol. The van der Waals surface area contributed by atoms with Crippen LogP contribution in [0.5, 0.6) is 0 Å². The van der Waals surface area contributed by atoms with E-state index in [1.54, 1.807) is 24.3 Å². The molecule has 1 aliphatic heterocycles. The van der Waals surface area contributed by atoms with Crippen LogP contribution in [0.4, 0.5) is 5.69 Å². The van der Waals surface area contributed by atoms with Crippen LogP contribution < -0.4 is 4.90 Å². The van der Waals surface area contributed by atoms with Gasteiger partial charge in [0.1, 0.15) is 17.6 Å². The van der Waals surface area contributed by atoms with Crippen LogP contribution in [0.3, 0.4) is 0 Å². The van der Waals surface area contributed by atoms with Crippen LogP contribution in [-0.4, -0.2) is 16.8 Å². The Labute approximate surface area is 168 Å². The number of hydrogen-bond acceptors (Lipinski definition) is 4. The topological polar surface area (TPSA) is 70.8 Å². The highest BCUT2D eigenvalue weighted by molar-refractivity contribution is 6.51. The summed E-state index contributed by atoms with van der Waals surface area (Å²) in [5.41, 5.74) is 4.06. The average Bonchev–Trinajstić information content (AvgIpc) is 3.28. The highest BCUT2D eigenvalue weighted by Gasteiger charge is 2.48. The number of nitrogens with zero attached hydrogens (tertiary/aromatic N) is 1. The molecule has 1 aromatic heterocycles. The van der Waals surface area contributed by atoms with Gasteiger partial charge in [0.15, 0.2) is 0 Å². The minimum Gasteiger partial charge on any atom is -0.507 e. The molecule has 0 radical (unpaired) electrons. The van der Waals surface area contributed by atoms with Gasteiger partial charge in [-0.25, -0.2) is 0 Å². The molecule has 0 spiro atoms. The Morgan fingerprint density at radius 2 is 1.59 bits per heavy atom. The number of ketones is 1. The van der Waals surface area contributed by atoms with Crippen LogP contribution in [0.2, 0.25) is 0 Å². The van der Waals surface area contributed by atoms with E-state index < -0.39 is 17.7 Å². The van der Waals surface area contributed by atoms with Crippen molar-refractivity contribution in [2.24, 2.45) is 0 Å². The molecule has 5 nitrogen and oxygen atoms in total. The molecular weight excluding hydrogens is 366 g/mol. The number of Topliss-reactive ketones (excluding diaryl/α,β-unsaturated/α-hetero) is 1. The Balaban J connectivity index is 1.94. The minimum absolute atomic E-state index is 0.0213. The highest BCUT2D eigenvalue weighted by Crippen LogP contribution is 2.42. The number of aliphatic hydroxyl groups excluding tert-OH is 1. The number of aryl methyl sites for hydroxylation is 3. The van der Waals surface area contributed by atoms with Crippen molar-refractivity contribution in [2.75, 3.05) is 4.90 Å². The Morgan fingerprint density at radius 3 is 2.17 bits per heavy atom. The van der Waals surface area contributed by atoms with Gasteiger partial charge in [0, 0.05) is 11.3 Å². The van der Waals surface area contributed by atoms with Crippen molar-refractivity contribution in [1.29, 1.82) is 0 Å². The number of carbonyl (C=O) groups excluding carboxylic acids is 2. The van der Waals surface area contributed by atoms with Gasteiger partial charge in [0.05, 0.1) is 11.8 Å². The molecule has 146 valence electrons. The third-order valence-electron chi connectivity index (χ3n) is 5.07. The monoisotopic (exact) mass is 387 g/mol. The molecular formula is C24H21NO4. The first-order valence-corrected chi connectivity index (χ1v) is 9.36. The van der Waals surface area contributed by atoms with Crippen molar-refractivity contribution >= 4 is 23.1 Å². The lowest BCUT2D eigenvalue weighted by molar-refractivity contribution is -0.132. The second-order valence-electron chi connectivity index (χ2n) is 7.40. The maximum Gasteiger partial charge on any atom is 0.300 e. The fraction of sp³-hybridized carbons (Fsp3) is 0.167. The molecule has 1 amide bonds. The normalized spacial score (nSPS) is 18.4. The van der Waals surface area contributed by atoms with E-state index in [4.69, 9.17) is 4.42 Å². The quantitative estimate of drug-likeness (QED) is 0.397. The van der Waals surface area contributed by atoms with Crippen LogP contribution in [-0.2, 0) is 9.59 Å². The summed E-state index contributed by atoms with van der Waals surface area (Å²) in [6, 6.07) is 15.4. The highest BCUT2D eigenvalue weighted by atomic mass is 16.3. The summed E-state index contributed by atoms with van der Waals surface area (Å²) in [7, 11) is 0. The fourth-order valence-electron chi connectivity index (χ4n) is 3.77. The number of carbonyl (C=O) groups is 2. The lowest BCUT2D eigenvalue weighted by atomic mass is 9.98. The minimum atomic E-state index is -0.840. The Kier molecular flexibility index (Phi) is 4.59. The van der Waals surface area contributed by atoms with Crippen LogP contribution >= 0.6 is 0 Å². The predicted octanol–water partition coefficient (Wildman–Crippen LogP) is 4.83. The molecule has 3 aromatic rings. The second-order valence-corrected chi connectivity index (χ2v) is 7.40. The largest absolute Gasteiger partial charge is 0.507 e. The van der Waals surface area contributed by atoms with Crippen molar-refractivity contribution in [2.45, 2.75) is 26.8 Å². The van der Waals surface area contributed by atoms with Gasteiger partial charge in [-0.2, -0.15) is 0 Å². The maximum absolute atomic E-state index is 13.0. The maximum atomic E-state index is 13.0. The summed E-state index contributed by atoms with van der Waals surface area (Å²) < 4.78 is 5.57. The molecule has 4 rings (SSSR count). The number of amides is 1. The molecule has 1 atom stereocenters. The molecule has 0 bridgehead atoms. The zero-order valence-electron chi connectivity index (χ0n) is 16.5. The van der Waals surface area contributed by atoms with E-state index in [9.17, 15) is 14.7 Å². The molecule has 0 aliphatic carbocycles. The third-order valence-corrected chi connectivity index (χ3v) is 5.07. The van der Waals surface area contributed by atoms with Crippen molar-refractivity contribution in [3.8, 4) is 0 Å². The van der Waals surface area contributed by atoms with Crippen LogP contribution in [0.1, 0.15) is 34.1 Å². The van der Waals surface area contributed by atoms with Crippen LogP contribution in [0, 0.1) is 20.8 Å². The van der Waals surface area contributed by atoms with Crippen molar-refractivity contribution in [3.63, 3.8) is 0 Å². The van der Waals surface area contributed by atoms with Crippen LogP contribution in [0.25, 0.3) is 5.76 Å². The summed E-state index contributed by atoms with van der Waals surface area (Å²) in [5, 5.41) is 11.0. The lowest BCUT2D eigenvalue weighted by Gasteiger charge is -2.24. The standard InChI is InChI=1S/C24H21NO4/c1-14-6-8-17(9-7-14)22(26)20-21(19-5-4-10-29-19)25(24(28)23(20)27)18-12-15(2)11-16(3)13-18/h4-13,21,26H,1-3H3/b22-20-.